The van der Waals surface area contributed by atoms with Crippen LogP contribution in [0.15, 0.2) is 47.1 Å². The zero-order chi connectivity index (χ0) is 14.2. The molecule has 0 radical (unpaired) electrons. The average molecular weight is 288 g/mol. The molecule has 1 heterocycles. The number of hydrogen-bond donors (Lipinski definition) is 2. The van der Waals surface area contributed by atoms with E-state index in [1.165, 1.54) is 5.56 Å². The summed E-state index contributed by atoms with van der Waals surface area (Å²) in [6, 6.07) is 12.2. The van der Waals surface area contributed by atoms with Crippen molar-refractivity contribution in [2.45, 2.75) is 26.2 Å². The fourth-order valence-corrected chi connectivity index (χ4v) is 2.14. The fourth-order valence-electron chi connectivity index (χ4n) is 1.92. The molecule has 1 aromatic carbocycles. The van der Waals surface area contributed by atoms with Gasteiger partial charge in [-0.15, -0.1) is 0 Å². The van der Waals surface area contributed by atoms with Gasteiger partial charge in [0.25, 0.3) is 0 Å². The van der Waals surface area contributed by atoms with Gasteiger partial charge in [0.05, 0.1) is 6.26 Å². The first-order valence-electron chi connectivity index (χ1n) is 6.94. The molecule has 106 valence electrons. The number of aryl methyl sites for hydroxylation is 2. The molecule has 0 aliphatic rings. The van der Waals surface area contributed by atoms with E-state index in [4.69, 9.17) is 16.6 Å². The SMILES string of the molecule is CCc1ccc(NC(=S)NCCCc2ccco2)cc1. The monoisotopic (exact) mass is 288 g/mol. The van der Waals surface area contributed by atoms with Gasteiger partial charge in [-0.25, -0.2) is 0 Å². The molecule has 0 amide bonds. The Balaban J connectivity index is 1.66. The van der Waals surface area contributed by atoms with Gasteiger partial charge in [-0.3, -0.25) is 0 Å². The van der Waals surface area contributed by atoms with E-state index in [0.717, 1.165) is 37.3 Å². The van der Waals surface area contributed by atoms with E-state index in [-0.39, 0.29) is 0 Å². The molecule has 0 aliphatic heterocycles. The molecule has 0 unspecified atom stereocenters. The van der Waals surface area contributed by atoms with E-state index >= 15 is 0 Å². The normalized spacial score (nSPS) is 10.2. The van der Waals surface area contributed by atoms with Gasteiger partial charge < -0.3 is 15.1 Å². The second-order valence-electron chi connectivity index (χ2n) is 4.61. The van der Waals surface area contributed by atoms with Crippen molar-refractivity contribution in [1.82, 2.24) is 5.32 Å². The molecule has 0 aliphatic carbocycles. The lowest BCUT2D eigenvalue weighted by Crippen LogP contribution is -2.29. The maximum atomic E-state index is 5.28. The zero-order valence-corrected chi connectivity index (χ0v) is 12.5. The summed E-state index contributed by atoms with van der Waals surface area (Å²) < 4.78 is 5.28. The van der Waals surface area contributed by atoms with Crippen molar-refractivity contribution in [1.29, 1.82) is 0 Å². The van der Waals surface area contributed by atoms with Gasteiger partial charge >= 0.3 is 0 Å². The van der Waals surface area contributed by atoms with Crippen molar-refractivity contribution >= 4 is 23.0 Å². The molecule has 0 fully saturated rings. The van der Waals surface area contributed by atoms with Gasteiger partial charge in [-0.1, -0.05) is 19.1 Å². The number of hydrogen-bond acceptors (Lipinski definition) is 2. The maximum absolute atomic E-state index is 5.28. The van der Waals surface area contributed by atoms with Crippen LogP contribution in [0, 0.1) is 0 Å². The van der Waals surface area contributed by atoms with Crippen LogP contribution < -0.4 is 10.6 Å². The maximum Gasteiger partial charge on any atom is 0.170 e. The summed E-state index contributed by atoms with van der Waals surface area (Å²) in [5.74, 6) is 1.01. The first-order valence-corrected chi connectivity index (χ1v) is 7.35. The number of nitrogens with one attached hydrogen (secondary N) is 2. The van der Waals surface area contributed by atoms with Crippen molar-refractivity contribution in [2.75, 3.05) is 11.9 Å². The van der Waals surface area contributed by atoms with Gasteiger partial charge in [-0.05, 0) is 54.9 Å². The minimum Gasteiger partial charge on any atom is -0.469 e. The van der Waals surface area contributed by atoms with Crippen LogP contribution >= 0.6 is 12.2 Å². The van der Waals surface area contributed by atoms with Crippen molar-refractivity contribution in [3.8, 4) is 0 Å². The number of benzene rings is 1. The van der Waals surface area contributed by atoms with E-state index in [2.05, 4.69) is 41.8 Å². The smallest absolute Gasteiger partial charge is 0.170 e. The molecule has 0 bridgehead atoms. The Morgan fingerprint density at radius 1 is 1.20 bits per heavy atom. The predicted octanol–water partition coefficient (Wildman–Crippen LogP) is 3.76. The largest absolute Gasteiger partial charge is 0.469 e. The van der Waals surface area contributed by atoms with Crippen LogP contribution in [0.3, 0.4) is 0 Å². The van der Waals surface area contributed by atoms with E-state index in [1.807, 2.05) is 12.1 Å². The second-order valence-corrected chi connectivity index (χ2v) is 5.02. The van der Waals surface area contributed by atoms with E-state index < -0.39 is 0 Å². The standard InChI is InChI=1S/C16H20N2OS/c1-2-13-7-9-14(10-8-13)18-16(20)17-11-3-5-15-6-4-12-19-15/h4,6-10,12H,2-3,5,11H2,1H3,(H2,17,18,20). The fraction of sp³-hybridized carbons (Fsp3) is 0.312. The van der Waals surface area contributed by atoms with Gasteiger partial charge in [-0.2, -0.15) is 0 Å². The number of furan rings is 1. The third kappa shape index (κ3) is 4.70. The van der Waals surface area contributed by atoms with Crippen molar-refractivity contribution < 1.29 is 4.42 Å². The molecule has 0 atom stereocenters. The van der Waals surface area contributed by atoms with Gasteiger partial charge in [0.15, 0.2) is 5.11 Å². The van der Waals surface area contributed by atoms with Crippen molar-refractivity contribution in [2.24, 2.45) is 0 Å². The summed E-state index contributed by atoms with van der Waals surface area (Å²) in [6.07, 6.45) is 4.67. The van der Waals surface area contributed by atoms with E-state index in [1.54, 1.807) is 6.26 Å². The van der Waals surface area contributed by atoms with Crippen LogP contribution in [0.25, 0.3) is 0 Å². The molecule has 2 N–H and O–H groups in total. The molecule has 1 aromatic heterocycles. The Morgan fingerprint density at radius 2 is 2.00 bits per heavy atom. The summed E-state index contributed by atoms with van der Waals surface area (Å²) in [5, 5.41) is 7.05. The first-order chi connectivity index (χ1) is 9.78. The molecule has 2 rings (SSSR count). The lowest BCUT2D eigenvalue weighted by atomic mass is 10.1. The summed E-state index contributed by atoms with van der Waals surface area (Å²) in [7, 11) is 0. The summed E-state index contributed by atoms with van der Waals surface area (Å²) >= 11 is 5.26. The molecular formula is C16H20N2OS. The molecule has 0 saturated heterocycles. The first kappa shape index (κ1) is 14.6. The Hall–Kier alpha value is -1.81. The number of thiocarbonyl (C=S) groups is 1. The second kappa shape index (κ2) is 7.70. The lowest BCUT2D eigenvalue weighted by Gasteiger charge is -2.10. The van der Waals surface area contributed by atoms with Crippen LogP contribution in [0.4, 0.5) is 5.69 Å². The zero-order valence-electron chi connectivity index (χ0n) is 11.7. The molecule has 3 nitrogen and oxygen atoms in total. The summed E-state index contributed by atoms with van der Waals surface area (Å²) in [6.45, 7) is 2.98. The van der Waals surface area contributed by atoms with Crippen molar-refractivity contribution in [3.05, 3.63) is 54.0 Å². The third-order valence-electron chi connectivity index (χ3n) is 3.09. The minimum atomic E-state index is 0.661. The lowest BCUT2D eigenvalue weighted by molar-refractivity contribution is 0.501. The molecule has 4 heteroatoms. The van der Waals surface area contributed by atoms with Crippen LogP contribution in [0.1, 0.15) is 24.7 Å². The molecule has 2 aromatic rings. The molecule has 0 spiro atoms. The Bertz CT molecular complexity index is 520. The van der Waals surface area contributed by atoms with Crippen LogP contribution in [0.5, 0.6) is 0 Å². The van der Waals surface area contributed by atoms with Gasteiger partial charge in [0.1, 0.15) is 5.76 Å². The van der Waals surface area contributed by atoms with Crippen molar-refractivity contribution in [3.63, 3.8) is 0 Å². The highest BCUT2D eigenvalue weighted by Crippen LogP contribution is 2.09. The predicted molar refractivity (Wildman–Crippen MR) is 87.1 cm³/mol. The average Bonchev–Trinajstić information content (AvgIpc) is 2.98. The van der Waals surface area contributed by atoms with Crippen LogP contribution in [-0.4, -0.2) is 11.7 Å². The Morgan fingerprint density at radius 3 is 2.65 bits per heavy atom. The topological polar surface area (TPSA) is 37.2 Å². The summed E-state index contributed by atoms with van der Waals surface area (Å²) in [5.41, 5.74) is 2.35. The molecular weight excluding hydrogens is 268 g/mol. The Kier molecular flexibility index (Phi) is 5.62. The molecule has 0 saturated carbocycles. The van der Waals surface area contributed by atoms with E-state index in [9.17, 15) is 0 Å². The highest BCUT2D eigenvalue weighted by molar-refractivity contribution is 7.80. The summed E-state index contributed by atoms with van der Waals surface area (Å²) in [4.78, 5) is 0. The molecule has 20 heavy (non-hydrogen) atoms. The Labute approximate surface area is 125 Å². The number of rotatable bonds is 6. The van der Waals surface area contributed by atoms with E-state index in [0.29, 0.717) is 5.11 Å². The third-order valence-corrected chi connectivity index (χ3v) is 3.33. The minimum absolute atomic E-state index is 0.661. The quantitative estimate of drug-likeness (QED) is 0.627. The highest BCUT2D eigenvalue weighted by atomic mass is 32.1. The van der Waals surface area contributed by atoms with Crippen LogP contribution in [-0.2, 0) is 12.8 Å². The van der Waals surface area contributed by atoms with Gasteiger partial charge in [0, 0.05) is 18.7 Å². The van der Waals surface area contributed by atoms with Crippen LogP contribution in [0.2, 0.25) is 0 Å². The highest BCUT2D eigenvalue weighted by Gasteiger charge is 1.99. The van der Waals surface area contributed by atoms with Gasteiger partial charge in [0.2, 0.25) is 0 Å². The number of anilines is 1.